The number of ether oxygens (including phenoxy) is 1. The summed E-state index contributed by atoms with van der Waals surface area (Å²) in [6, 6.07) is 9.67. The van der Waals surface area contributed by atoms with Crippen molar-refractivity contribution in [3.05, 3.63) is 35.9 Å². The van der Waals surface area contributed by atoms with Crippen molar-refractivity contribution in [1.29, 1.82) is 0 Å². The minimum Gasteiger partial charge on any atom is -0.385 e. The molecule has 4 nitrogen and oxygen atoms in total. The van der Waals surface area contributed by atoms with E-state index < -0.39 is 6.04 Å². The number of benzene rings is 1. The molecular weight excluding hydrogens is 240 g/mol. The highest BCUT2D eigenvalue weighted by molar-refractivity contribution is 5.81. The molecule has 0 radical (unpaired) electrons. The lowest BCUT2D eigenvalue weighted by atomic mass is 10.1. The second-order valence-electron chi connectivity index (χ2n) is 4.74. The molecule has 2 N–H and O–H groups in total. The number of hydrogen-bond acceptors (Lipinski definition) is 3. The van der Waals surface area contributed by atoms with Crippen LogP contribution in [0.25, 0.3) is 0 Å². The number of methoxy groups -OCH3 is 1. The zero-order valence-electron chi connectivity index (χ0n) is 11.8. The normalized spacial score (nSPS) is 12.2. The monoisotopic (exact) mass is 264 g/mol. The predicted molar refractivity (Wildman–Crippen MR) is 76.9 cm³/mol. The summed E-state index contributed by atoms with van der Waals surface area (Å²) in [6.07, 6.45) is 2.35. The molecule has 0 aliphatic rings. The Morgan fingerprint density at radius 1 is 1.37 bits per heavy atom. The summed E-state index contributed by atoms with van der Waals surface area (Å²) in [7, 11) is 3.45. The van der Waals surface area contributed by atoms with Crippen LogP contribution >= 0.6 is 0 Å². The molecule has 0 aliphatic carbocycles. The van der Waals surface area contributed by atoms with E-state index in [1.54, 1.807) is 19.1 Å². The van der Waals surface area contributed by atoms with E-state index in [0.717, 1.165) is 12.8 Å². The second-order valence-corrected chi connectivity index (χ2v) is 4.74. The third-order valence-corrected chi connectivity index (χ3v) is 3.12. The molecule has 19 heavy (non-hydrogen) atoms. The Labute approximate surface area is 115 Å². The summed E-state index contributed by atoms with van der Waals surface area (Å²) in [5.74, 6) is 0.00651. The molecule has 0 saturated heterocycles. The fourth-order valence-corrected chi connectivity index (χ4v) is 1.93. The van der Waals surface area contributed by atoms with Crippen molar-refractivity contribution in [2.45, 2.75) is 25.3 Å². The van der Waals surface area contributed by atoms with Gasteiger partial charge >= 0.3 is 0 Å². The number of hydrogen-bond donors (Lipinski definition) is 1. The van der Waals surface area contributed by atoms with Crippen molar-refractivity contribution in [3.8, 4) is 0 Å². The van der Waals surface area contributed by atoms with Crippen molar-refractivity contribution in [1.82, 2.24) is 4.90 Å². The van der Waals surface area contributed by atoms with E-state index in [4.69, 9.17) is 10.5 Å². The van der Waals surface area contributed by atoms with Gasteiger partial charge in [-0.15, -0.1) is 0 Å². The van der Waals surface area contributed by atoms with Gasteiger partial charge in [0.2, 0.25) is 5.91 Å². The molecule has 1 atom stereocenters. The maximum atomic E-state index is 12.0. The summed E-state index contributed by atoms with van der Waals surface area (Å²) < 4.78 is 4.97. The molecule has 0 heterocycles. The number of nitrogens with zero attached hydrogens (tertiary/aromatic N) is 1. The third-order valence-electron chi connectivity index (χ3n) is 3.12. The van der Waals surface area contributed by atoms with E-state index in [2.05, 4.69) is 12.1 Å². The first-order valence-electron chi connectivity index (χ1n) is 6.68. The molecule has 0 spiro atoms. The molecule has 0 aromatic heterocycles. The van der Waals surface area contributed by atoms with Crippen LogP contribution in [0.4, 0.5) is 0 Å². The fraction of sp³-hybridized carbons (Fsp3) is 0.533. The van der Waals surface area contributed by atoms with Gasteiger partial charge in [-0.2, -0.15) is 0 Å². The minimum atomic E-state index is -0.423. The van der Waals surface area contributed by atoms with Crippen LogP contribution in [0.1, 0.15) is 18.4 Å². The van der Waals surface area contributed by atoms with Gasteiger partial charge in [-0.25, -0.2) is 0 Å². The molecule has 4 heteroatoms. The predicted octanol–water partition coefficient (Wildman–Crippen LogP) is 1.44. The Morgan fingerprint density at radius 3 is 2.68 bits per heavy atom. The van der Waals surface area contributed by atoms with E-state index in [-0.39, 0.29) is 5.91 Å². The van der Waals surface area contributed by atoms with Crippen LogP contribution in [0.5, 0.6) is 0 Å². The lowest BCUT2D eigenvalue weighted by molar-refractivity contribution is -0.131. The number of likely N-dealkylation sites (N-methyl/N-ethyl adjacent to an activating group) is 1. The van der Waals surface area contributed by atoms with Gasteiger partial charge in [0.1, 0.15) is 0 Å². The number of amides is 1. The van der Waals surface area contributed by atoms with E-state index >= 15 is 0 Å². The maximum absolute atomic E-state index is 12.0. The molecule has 0 bridgehead atoms. The average Bonchev–Trinajstić information content (AvgIpc) is 2.45. The van der Waals surface area contributed by atoms with Gasteiger partial charge in [-0.1, -0.05) is 30.3 Å². The van der Waals surface area contributed by atoms with Crippen LogP contribution < -0.4 is 5.73 Å². The Balaban J connectivity index is 2.31. The third kappa shape index (κ3) is 5.85. The summed E-state index contributed by atoms with van der Waals surface area (Å²) in [5, 5.41) is 0. The number of rotatable bonds is 8. The van der Waals surface area contributed by atoms with Gasteiger partial charge in [0.05, 0.1) is 6.04 Å². The van der Waals surface area contributed by atoms with Gasteiger partial charge < -0.3 is 15.4 Å². The Hall–Kier alpha value is -1.39. The molecule has 106 valence electrons. The van der Waals surface area contributed by atoms with E-state index in [9.17, 15) is 4.79 Å². The van der Waals surface area contributed by atoms with Gasteiger partial charge in [0.15, 0.2) is 0 Å². The topological polar surface area (TPSA) is 55.6 Å². The zero-order valence-corrected chi connectivity index (χ0v) is 11.8. The Kier molecular flexibility index (Phi) is 7.15. The van der Waals surface area contributed by atoms with Crippen LogP contribution in [0.2, 0.25) is 0 Å². The van der Waals surface area contributed by atoms with Crippen molar-refractivity contribution >= 4 is 5.91 Å². The molecule has 0 fully saturated rings. The zero-order chi connectivity index (χ0) is 14.1. The first kappa shape index (κ1) is 15.7. The highest BCUT2D eigenvalue weighted by atomic mass is 16.5. The summed E-state index contributed by atoms with van der Waals surface area (Å²) in [5.41, 5.74) is 7.16. The van der Waals surface area contributed by atoms with E-state index in [1.807, 2.05) is 18.2 Å². The smallest absolute Gasteiger partial charge is 0.239 e. The van der Waals surface area contributed by atoms with Crippen molar-refractivity contribution in [2.75, 3.05) is 27.3 Å². The first-order valence-corrected chi connectivity index (χ1v) is 6.68. The first-order chi connectivity index (χ1) is 9.15. The number of aryl methyl sites for hydroxylation is 1. The summed E-state index contributed by atoms with van der Waals surface area (Å²) >= 11 is 0. The van der Waals surface area contributed by atoms with Crippen LogP contribution in [0.15, 0.2) is 30.3 Å². The molecule has 1 aromatic carbocycles. The maximum Gasteiger partial charge on any atom is 0.239 e. The average molecular weight is 264 g/mol. The number of nitrogens with two attached hydrogens (primary N) is 1. The highest BCUT2D eigenvalue weighted by Gasteiger charge is 2.17. The molecule has 0 aliphatic heterocycles. The number of carbonyl (C=O) groups is 1. The van der Waals surface area contributed by atoms with Crippen molar-refractivity contribution in [2.24, 2.45) is 5.73 Å². The Bertz CT molecular complexity index is 368. The molecule has 1 aromatic rings. The largest absolute Gasteiger partial charge is 0.385 e. The van der Waals surface area contributed by atoms with Crippen LogP contribution in [0.3, 0.4) is 0 Å². The Morgan fingerprint density at radius 2 is 2.05 bits per heavy atom. The molecule has 1 amide bonds. The van der Waals surface area contributed by atoms with Crippen LogP contribution in [0, 0.1) is 0 Å². The van der Waals surface area contributed by atoms with E-state index in [0.29, 0.717) is 19.6 Å². The lowest BCUT2D eigenvalue weighted by Crippen LogP contribution is -2.42. The SMILES string of the molecule is COCCCN(C)C(=O)C(N)CCc1ccccc1. The van der Waals surface area contributed by atoms with Crippen molar-refractivity contribution < 1.29 is 9.53 Å². The fourth-order valence-electron chi connectivity index (χ4n) is 1.93. The van der Waals surface area contributed by atoms with Gasteiger partial charge in [-0.05, 0) is 24.8 Å². The standard InChI is InChI=1S/C15H24N2O2/c1-17(11-6-12-19-2)15(18)14(16)10-9-13-7-4-3-5-8-13/h3-5,7-8,14H,6,9-12,16H2,1-2H3. The quantitative estimate of drug-likeness (QED) is 0.723. The summed E-state index contributed by atoms with van der Waals surface area (Å²) in [6.45, 7) is 1.35. The molecule has 1 rings (SSSR count). The highest BCUT2D eigenvalue weighted by Crippen LogP contribution is 2.05. The van der Waals surface area contributed by atoms with Gasteiger partial charge in [0, 0.05) is 27.3 Å². The molecule has 0 saturated carbocycles. The number of carbonyl (C=O) groups excluding carboxylic acids is 1. The van der Waals surface area contributed by atoms with Gasteiger partial charge in [0.25, 0.3) is 0 Å². The van der Waals surface area contributed by atoms with Crippen LogP contribution in [-0.4, -0.2) is 44.2 Å². The second kappa shape index (κ2) is 8.67. The van der Waals surface area contributed by atoms with Crippen molar-refractivity contribution in [3.63, 3.8) is 0 Å². The van der Waals surface area contributed by atoms with E-state index in [1.165, 1.54) is 5.56 Å². The van der Waals surface area contributed by atoms with Crippen LogP contribution in [-0.2, 0) is 16.0 Å². The summed E-state index contributed by atoms with van der Waals surface area (Å²) in [4.78, 5) is 13.7. The molecule has 1 unspecified atom stereocenters. The van der Waals surface area contributed by atoms with Gasteiger partial charge in [-0.3, -0.25) is 4.79 Å². The molecular formula is C15H24N2O2. The lowest BCUT2D eigenvalue weighted by Gasteiger charge is -2.21. The minimum absolute atomic E-state index is 0.00651.